The number of rotatable bonds is 8. The zero-order chi connectivity index (χ0) is 19.9. The number of carbonyl (C=O) groups is 2. The van der Waals surface area contributed by atoms with Gasteiger partial charge in [-0.15, -0.1) is 0 Å². The number of hydrogen-bond donors (Lipinski definition) is 1. The molecule has 1 N–H and O–H groups in total. The van der Waals surface area contributed by atoms with Crippen LogP contribution < -0.4 is 5.32 Å². The van der Waals surface area contributed by atoms with Crippen molar-refractivity contribution in [3.8, 4) is 0 Å². The average Bonchev–Trinajstić information content (AvgIpc) is 2.66. The maximum Gasteiger partial charge on any atom is 0.237 e. The van der Waals surface area contributed by atoms with Gasteiger partial charge < -0.3 is 10.2 Å². The Kier molecular flexibility index (Phi) is 7.43. The molecule has 5 heteroatoms. The lowest BCUT2D eigenvalue weighted by atomic mass is 9.90. The van der Waals surface area contributed by atoms with Gasteiger partial charge in [-0.1, -0.05) is 54.1 Å². The molecule has 4 nitrogen and oxygen atoms in total. The first kappa shape index (κ1) is 21.0. The van der Waals surface area contributed by atoms with Crippen LogP contribution in [0.4, 0.5) is 0 Å². The predicted octanol–water partition coefficient (Wildman–Crippen LogP) is 4.07. The van der Waals surface area contributed by atoms with Gasteiger partial charge in [0, 0.05) is 24.7 Å². The Bertz CT molecular complexity index is 775. The molecule has 0 saturated carbocycles. The molecule has 2 aromatic carbocycles. The van der Waals surface area contributed by atoms with Gasteiger partial charge in [-0.3, -0.25) is 9.59 Å². The molecule has 2 amide bonds. The third-order valence-electron chi connectivity index (χ3n) is 4.58. The van der Waals surface area contributed by atoms with E-state index in [0.717, 1.165) is 11.1 Å². The van der Waals surface area contributed by atoms with Gasteiger partial charge in [0.15, 0.2) is 0 Å². The third-order valence-corrected chi connectivity index (χ3v) is 4.81. The number of benzene rings is 2. The van der Waals surface area contributed by atoms with Crippen molar-refractivity contribution in [2.45, 2.75) is 33.7 Å². The molecule has 0 bridgehead atoms. The minimum absolute atomic E-state index is 0.172. The summed E-state index contributed by atoms with van der Waals surface area (Å²) in [6.45, 7) is 6.78. The van der Waals surface area contributed by atoms with Crippen LogP contribution in [0.1, 0.15) is 31.9 Å². The summed E-state index contributed by atoms with van der Waals surface area (Å²) in [5.41, 5.74) is 0.968. The number of amides is 2. The van der Waals surface area contributed by atoms with Crippen molar-refractivity contribution < 1.29 is 9.59 Å². The fourth-order valence-corrected chi connectivity index (χ4v) is 3.07. The molecule has 2 aromatic rings. The van der Waals surface area contributed by atoms with E-state index in [1.807, 2.05) is 61.5 Å². The second-order valence-electron chi connectivity index (χ2n) is 7.07. The number of nitrogens with zero attached hydrogens (tertiary/aromatic N) is 1. The van der Waals surface area contributed by atoms with E-state index in [9.17, 15) is 9.59 Å². The Hall–Kier alpha value is -2.33. The third kappa shape index (κ3) is 5.83. The molecule has 0 fully saturated rings. The molecule has 0 aliphatic heterocycles. The summed E-state index contributed by atoms with van der Waals surface area (Å²) in [5.74, 6) is -0.435. The van der Waals surface area contributed by atoms with Gasteiger partial charge in [-0.25, -0.2) is 0 Å². The van der Waals surface area contributed by atoms with Gasteiger partial charge in [0.2, 0.25) is 11.8 Å². The van der Waals surface area contributed by atoms with Gasteiger partial charge in [-0.05, 0) is 50.5 Å². The summed E-state index contributed by atoms with van der Waals surface area (Å²) < 4.78 is 0. The van der Waals surface area contributed by atoms with Crippen LogP contribution in [0, 0.1) is 5.41 Å². The second-order valence-corrected chi connectivity index (χ2v) is 7.50. The van der Waals surface area contributed by atoms with E-state index < -0.39 is 5.41 Å². The molecule has 0 heterocycles. The van der Waals surface area contributed by atoms with Crippen LogP contribution in [0.25, 0.3) is 0 Å². The molecule has 0 aromatic heterocycles. The molecular formula is C22H27ClN2O2. The Labute approximate surface area is 166 Å². The summed E-state index contributed by atoms with van der Waals surface area (Å²) in [5, 5.41) is 3.56. The van der Waals surface area contributed by atoms with E-state index in [2.05, 4.69) is 5.32 Å². The van der Waals surface area contributed by atoms with Gasteiger partial charge in [-0.2, -0.15) is 0 Å². The summed E-state index contributed by atoms with van der Waals surface area (Å²) >= 11 is 5.98. The maximum absolute atomic E-state index is 13.0. The molecule has 0 spiro atoms. The molecule has 0 saturated heterocycles. The number of hydrogen-bond acceptors (Lipinski definition) is 2. The van der Waals surface area contributed by atoms with E-state index in [-0.39, 0.29) is 11.8 Å². The van der Waals surface area contributed by atoms with Crippen LogP contribution >= 0.6 is 11.6 Å². The SMILES string of the molecule is CCN(Cc1ccccc1)C(=O)C(C)(C)C(=O)NCCc1cccc(Cl)c1. The van der Waals surface area contributed by atoms with Crippen LogP contribution in [-0.4, -0.2) is 29.8 Å². The highest BCUT2D eigenvalue weighted by Crippen LogP contribution is 2.21. The Balaban J connectivity index is 1.95. The molecule has 0 aliphatic rings. The van der Waals surface area contributed by atoms with E-state index in [1.54, 1.807) is 18.7 Å². The van der Waals surface area contributed by atoms with Crippen molar-refractivity contribution in [2.24, 2.45) is 5.41 Å². The molecular weight excluding hydrogens is 360 g/mol. The fraction of sp³-hybridized carbons (Fsp3) is 0.364. The zero-order valence-corrected chi connectivity index (χ0v) is 16.9. The van der Waals surface area contributed by atoms with Crippen molar-refractivity contribution in [2.75, 3.05) is 13.1 Å². The standard InChI is InChI=1S/C22H27ClN2O2/c1-4-25(16-18-9-6-5-7-10-18)21(27)22(2,3)20(26)24-14-13-17-11-8-12-19(23)15-17/h5-12,15H,4,13-14,16H2,1-3H3,(H,24,26). The Morgan fingerprint density at radius 3 is 2.33 bits per heavy atom. The molecule has 0 aliphatic carbocycles. The van der Waals surface area contributed by atoms with Crippen LogP contribution in [0.2, 0.25) is 5.02 Å². The van der Waals surface area contributed by atoms with Crippen molar-refractivity contribution in [1.29, 1.82) is 0 Å². The lowest BCUT2D eigenvalue weighted by Gasteiger charge is -2.30. The van der Waals surface area contributed by atoms with Crippen LogP contribution in [0.15, 0.2) is 54.6 Å². The van der Waals surface area contributed by atoms with Crippen LogP contribution in [0.5, 0.6) is 0 Å². The first-order valence-corrected chi connectivity index (χ1v) is 9.58. The summed E-state index contributed by atoms with van der Waals surface area (Å²) in [4.78, 5) is 27.3. The summed E-state index contributed by atoms with van der Waals surface area (Å²) in [6, 6.07) is 17.3. The van der Waals surface area contributed by atoms with Gasteiger partial charge >= 0.3 is 0 Å². The quantitative estimate of drug-likeness (QED) is 0.695. The van der Waals surface area contributed by atoms with Crippen molar-refractivity contribution in [3.63, 3.8) is 0 Å². The zero-order valence-electron chi connectivity index (χ0n) is 16.2. The van der Waals surface area contributed by atoms with E-state index in [0.29, 0.717) is 31.1 Å². The van der Waals surface area contributed by atoms with Gasteiger partial charge in [0.25, 0.3) is 0 Å². The molecule has 0 atom stereocenters. The predicted molar refractivity (Wildman–Crippen MR) is 109 cm³/mol. The minimum Gasteiger partial charge on any atom is -0.355 e. The van der Waals surface area contributed by atoms with Crippen molar-refractivity contribution in [1.82, 2.24) is 10.2 Å². The van der Waals surface area contributed by atoms with Gasteiger partial charge in [0.05, 0.1) is 0 Å². The molecule has 2 rings (SSSR count). The number of halogens is 1. The normalized spacial score (nSPS) is 11.1. The maximum atomic E-state index is 13.0. The highest BCUT2D eigenvalue weighted by atomic mass is 35.5. The highest BCUT2D eigenvalue weighted by molar-refractivity contribution is 6.30. The first-order valence-electron chi connectivity index (χ1n) is 9.20. The van der Waals surface area contributed by atoms with Crippen LogP contribution in [0.3, 0.4) is 0 Å². The smallest absolute Gasteiger partial charge is 0.237 e. The molecule has 0 radical (unpaired) electrons. The topological polar surface area (TPSA) is 49.4 Å². The van der Waals surface area contributed by atoms with Crippen molar-refractivity contribution in [3.05, 3.63) is 70.7 Å². The van der Waals surface area contributed by atoms with Crippen molar-refractivity contribution >= 4 is 23.4 Å². The lowest BCUT2D eigenvalue weighted by molar-refractivity contribution is -0.148. The van der Waals surface area contributed by atoms with E-state index in [1.165, 1.54) is 0 Å². The largest absolute Gasteiger partial charge is 0.355 e. The minimum atomic E-state index is -1.13. The molecule has 27 heavy (non-hydrogen) atoms. The van der Waals surface area contributed by atoms with E-state index in [4.69, 9.17) is 11.6 Å². The molecule has 144 valence electrons. The number of nitrogens with one attached hydrogen (secondary N) is 1. The highest BCUT2D eigenvalue weighted by Gasteiger charge is 2.38. The molecule has 0 unspecified atom stereocenters. The van der Waals surface area contributed by atoms with E-state index >= 15 is 0 Å². The number of carbonyl (C=O) groups excluding carboxylic acids is 2. The second kappa shape index (κ2) is 9.56. The monoisotopic (exact) mass is 386 g/mol. The first-order chi connectivity index (χ1) is 12.8. The van der Waals surface area contributed by atoms with Crippen LogP contribution in [-0.2, 0) is 22.6 Å². The lowest BCUT2D eigenvalue weighted by Crippen LogP contribution is -2.49. The summed E-state index contributed by atoms with van der Waals surface area (Å²) in [6.07, 6.45) is 0.665. The fourth-order valence-electron chi connectivity index (χ4n) is 2.86. The van der Waals surface area contributed by atoms with Gasteiger partial charge in [0.1, 0.15) is 5.41 Å². The summed E-state index contributed by atoms with van der Waals surface area (Å²) in [7, 11) is 0. The average molecular weight is 387 g/mol. The Morgan fingerprint density at radius 1 is 1.04 bits per heavy atom. The Morgan fingerprint density at radius 2 is 1.70 bits per heavy atom.